The van der Waals surface area contributed by atoms with Gasteiger partial charge in [-0.2, -0.15) is 0 Å². The summed E-state index contributed by atoms with van der Waals surface area (Å²) < 4.78 is 4.97. The van der Waals surface area contributed by atoms with E-state index in [2.05, 4.69) is 11.9 Å². The zero-order valence-corrected chi connectivity index (χ0v) is 8.85. The molecule has 0 aromatic carbocycles. The topological polar surface area (TPSA) is 21.3 Å². The summed E-state index contributed by atoms with van der Waals surface area (Å²) in [6.45, 7) is 6.85. The Hall–Kier alpha value is -0.340. The molecule has 13 heavy (non-hydrogen) atoms. The van der Waals surface area contributed by atoms with Gasteiger partial charge in [0.25, 0.3) is 0 Å². The Labute approximate surface area is 82.4 Å². The highest BCUT2D eigenvalue weighted by Gasteiger charge is 1.89. The van der Waals surface area contributed by atoms with Crippen LogP contribution in [0, 0.1) is 0 Å². The maximum Gasteiger partial charge on any atom is 0.0462 e. The van der Waals surface area contributed by atoms with Gasteiger partial charge in [-0.25, -0.2) is 0 Å². The summed E-state index contributed by atoms with van der Waals surface area (Å²) in [5.74, 6) is 0. The average Bonchev–Trinajstić information content (AvgIpc) is 2.16. The van der Waals surface area contributed by atoms with Crippen LogP contribution in [0.1, 0.15) is 32.1 Å². The number of hydrogen-bond acceptors (Lipinski definition) is 2. The highest BCUT2D eigenvalue weighted by Crippen LogP contribution is 1.94. The quantitative estimate of drug-likeness (QED) is 0.417. The molecule has 1 N–H and O–H groups in total. The molecule has 0 aromatic rings. The van der Waals surface area contributed by atoms with Crippen molar-refractivity contribution in [2.75, 3.05) is 26.8 Å². The molecule has 2 nitrogen and oxygen atoms in total. The van der Waals surface area contributed by atoms with Crippen molar-refractivity contribution in [2.45, 2.75) is 32.1 Å². The van der Waals surface area contributed by atoms with Crippen molar-refractivity contribution in [2.24, 2.45) is 0 Å². The molecular weight excluding hydrogens is 162 g/mol. The van der Waals surface area contributed by atoms with Gasteiger partial charge < -0.3 is 10.1 Å². The van der Waals surface area contributed by atoms with E-state index in [0.717, 1.165) is 26.1 Å². The van der Waals surface area contributed by atoms with Crippen molar-refractivity contribution in [1.29, 1.82) is 0 Å². The number of unbranched alkanes of at least 4 members (excludes halogenated alkanes) is 3. The molecule has 0 saturated heterocycles. The maximum absolute atomic E-state index is 4.97. The Morgan fingerprint density at radius 3 is 2.62 bits per heavy atom. The number of ether oxygens (including phenoxy) is 1. The average molecular weight is 185 g/mol. The Morgan fingerprint density at radius 1 is 1.15 bits per heavy atom. The molecule has 0 unspecified atom stereocenters. The predicted molar refractivity (Wildman–Crippen MR) is 58.0 cm³/mol. The van der Waals surface area contributed by atoms with Gasteiger partial charge in [0.15, 0.2) is 0 Å². The lowest BCUT2D eigenvalue weighted by molar-refractivity contribution is 0.192. The highest BCUT2D eigenvalue weighted by molar-refractivity contribution is 4.66. The molecule has 0 rings (SSSR count). The largest absolute Gasteiger partial charge is 0.385 e. The summed E-state index contributed by atoms with van der Waals surface area (Å²) in [6.07, 6.45) is 8.02. The fourth-order valence-electron chi connectivity index (χ4n) is 1.17. The fourth-order valence-corrected chi connectivity index (χ4v) is 1.17. The second-order valence-corrected chi connectivity index (χ2v) is 3.23. The van der Waals surface area contributed by atoms with E-state index < -0.39 is 0 Å². The van der Waals surface area contributed by atoms with Gasteiger partial charge >= 0.3 is 0 Å². The lowest BCUT2D eigenvalue weighted by Crippen LogP contribution is -2.16. The standard InChI is InChI=1S/C11H23NO/c1-3-4-6-9-12-10-7-5-8-11-13-2/h3,12H,1,4-11H2,2H3. The van der Waals surface area contributed by atoms with Gasteiger partial charge in [-0.3, -0.25) is 0 Å². The minimum Gasteiger partial charge on any atom is -0.385 e. The Kier molecular flexibility index (Phi) is 11.4. The monoisotopic (exact) mass is 185 g/mol. The van der Waals surface area contributed by atoms with E-state index in [1.165, 1.54) is 25.7 Å². The van der Waals surface area contributed by atoms with Crippen LogP contribution in [-0.2, 0) is 4.74 Å². The first-order valence-electron chi connectivity index (χ1n) is 5.22. The van der Waals surface area contributed by atoms with Crippen molar-refractivity contribution in [3.8, 4) is 0 Å². The molecule has 0 spiro atoms. The number of nitrogens with one attached hydrogen (secondary N) is 1. The first kappa shape index (κ1) is 12.7. The van der Waals surface area contributed by atoms with Gasteiger partial charge in [0.1, 0.15) is 0 Å². The zero-order valence-electron chi connectivity index (χ0n) is 8.85. The molecule has 0 aliphatic carbocycles. The molecule has 0 aliphatic heterocycles. The van der Waals surface area contributed by atoms with E-state index in [1.54, 1.807) is 7.11 Å². The Balaban J connectivity index is 2.79. The molecule has 0 aromatic heterocycles. The molecule has 0 bridgehead atoms. The summed E-state index contributed by atoms with van der Waals surface area (Å²) in [5, 5.41) is 3.41. The third-order valence-electron chi connectivity index (χ3n) is 1.96. The number of hydrogen-bond donors (Lipinski definition) is 1. The molecule has 0 radical (unpaired) electrons. The Morgan fingerprint density at radius 2 is 1.92 bits per heavy atom. The van der Waals surface area contributed by atoms with Crippen LogP contribution >= 0.6 is 0 Å². The summed E-state index contributed by atoms with van der Waals surface area (Å²) >= 11 is 0. The van der Waals surface area contributed by atoms with E-state index in [4.69, 9.17) is 4.74 Å². The van der Waals surface area contributed by atoms with Crippen LogP contribution in [0.4, 0.5) is 0 Å². The van der Waals surface area contributed by atoms with Crippen LogP contribution in [0.25, 0.3) is 0 Å². The third-order valence-corrected chi connectivity index (χ3v) is 1.96. The molecule has 0 fully saturated rings. The molecule has 0 saturated carbocycles. The molecule has 78 valence electrons. The number of methoxy groups -OCH3 is 1. The molecular formula is C11H23NO. The molecule has 0 aliphatic rings. The first-order valence-corrected chi connectivity index (χ1v) is 5.22. The van der Waals surface area contributed by atoms with Crippen LogP contribution in [0.5, 0.6) is 0 Å². The lowest BCUT2D eigenvalue weighted by Gasteiger charge is -2.03. The van der Waals surface area contributed by atoms with Crippen LogP contribution in [0.2, 0.25) is 0 Å². The molecule has 0 heterocycles. The lowest BCUT2D eigenvalue weighted by atomic mass is 10.2. The van der Waals surface area contributed by atoms with Gasteiger partial charge in [0.2, 0.25) is 0 Å². The van der Waals surface area contributed by atoms with Gasteiger partial charge in [0, 0.05) is 13.7 Å². The van der Waals surface area contributed by atoms with E-state index >= 15 is 0 Å². The summed E-state index contributed by atoms with van der Waals surface area (Å²) in [4.78, 5) is 0. The van der Waals surface area contributed by atoms with E-state index in [1.807, 2.05) is 6.08 Å². The predicted octanol–water partition coefficient (Wildman–Crippen LogP) is 2.36. The van der Waals surface area contributed by atoms with E-state index in [0.29, 0.717) is 0 Å². The number of rotatable bonds is 10. The Bertz CT molecular complexity index is 104. The van der Waals surface area contributed by atoms with Gasteiger partial charge in [0.05, 0.1) is 0 Å². The van der Waals surface area contributed by atoms with Crippen molar-refractivity contribution >= 4 is 0 Å². The van der Waals surface area contributed by atoms with E-state index in [-0.39, 0.29) is 0 Å². The third kappa shape index (κ3) is 11.7. The minimum absolute atomic E-state index is 0.899. The summed E-state index contributed by atoms with van der Waals surface area (Å²) in [7, 11) is 1.76. The molecule has 0 amide bonds. The second-order valence-electron chi connectivity index (χ2n) is 3.23. The van der Waals surface area contributed by atoms with Crippen molar-refractivity contribution < 1.29 is 4.74 Å². The van der Waals surface area contributed by atoms with E-state index in [9.17, 15) is 0 Å². The summed E-state index contributed by atoms with van der Waals surface area (Å²) in [6, 6.07) is 0. The van der Waals surface area contributed by atoms with Crippen molar-refractivity contribution in [3.63, 3.8) is 0 Å². The van der Waals surface area contributed by atoms with Gasteiger partial charge in [-0.1, -0.05) is 6.08 Å². The molecule has 2 heteroatoms. The highest BCUT2D eigenvalue weighted by atomic mass is 16.5. The van der Waals surface area contributed by atoms with Crippen molar-refractivity contribution in [1.82, 2.24) is 5.32 Å². The van der Waals surface area contributed by atoms with Crippen LogP contribution in [0.3, 0.4) is 0 Å². The van der Waals surface area contributed by atoms with Crippen molar-refractivity contribution in [3.05, 3.63) is 12.7 Å². The van der Waals surface area contributed by atoms with Crippen LogP contribution < -0.4 is 5.32 Å². The normalized spacial score (nSPS) is 10.2. The van der Waals surface area contributed by atoms with Crippen LogP contribution in [-0.4, -0.2) is 26.8 Å². The zero-order chi connectivity index (χ0) is 9.78. The van der Waals surface area contributed by atoms with Gasteiger partial charge in [-0.15, -0.1) is 6.58 Å². The second kappa shape index (κ2) is 11.7. The molecule has 0 atom stereocenters. The SMILES string of the molecule is C=CCCCNCCCCCOC. The maximum atomic E-state index is 4.97. The summed E-state index contributed by atoms with van der Waals surface area (Å²) in [5.41, 5.74) is 0. The van der Waals surface area contributed by atoms with Gasteiger partial charge in [-0.05, 0) is 45.2 Å². The smallest absolute Gasteiger partial charge is 0.0462 e. The van der Waals surface area contributed by atoms with Crippen LogP contribution in [0.15, 0.2) is 12.7 Å². The minimum atomic E-state index is 0.899. The fraction of sp³-hybridized carbons (Fsp3) is 0.818. The number of allylic oxidation sites excluding steroid dienone is 1. The first-order chi connectivity index (χ1) is 6.41.